The van der Waals surface area contributed by atoms with Gasteiger partial charge in [-0.15, -0.1) is 0 Å². The van der Waals surface area contributed by atoms with Gasteiger partial charge in [0.1, 0.15) is 11.4 Å². The monoisotopic (exact) mass is 247 g/mol. The van der Waals surface area contributed by atoms with Crippen LogP contribution < -0.4 is 10.1 Å². The number of rotatable bonds is 3. The van der Waals surface area contributed by atoms with Crippen molar-refractivity contribution in [3.8, 4) is 5.75 Å². The van der Waals surface area contributed by atoms with E-state index in [0.29, 0.717) is 0 Å². The number of benzene rings is 1. The van der Waals surface area contributed by atoms with Gasteiger partial charge in [0.05, 0.1) is 0 Å². The van der Waals surface area contributed by atoms with Gasteiger partial charge in [-0.1, -0.05) is 12.1 Å². The molecule has 0 amide bonds. The van der Waals surface area contributed by atoms with Crippen LogP contribution in [0.15, 0.2) is 24.3 Å². The lowest BCUT2D eigenvalue weighted by molar-refractivity contribution is 0.131. The molecule has 100 valence electrons. The van der Waals surface area contributed by atoms with Gasteiger partial charge in [-0.05, 0) is 76.7 Å². The third-order valence-corrected chi connectivity index (χ3v) is 3.27. The molecule has 1 fully saturated rings. The third-order valence-electron chi connectivity index (χ3n) is 3.27. The van der Waals surface area contributed by atoms with Gasteiger partial charge in [0.2, 0.25) is 0 Å². The third kappa shape index (κ3) is 4.34. The van der Waals surface area contributed by atoms with Crippen molar-refractivity contribution in [2.24, 2.45) is 5.92 Å². The minimum atomic E-state index is -0.116. The summed E-state index contributed by atoms with van der Waals surface area (Å²) in [6.45, 7) is 8.59. The molecule has 2 rings (SSSR count). The fraction of sp³-hybridized carbons (Fsp3) is 0.625. The molecule has 1 aliphatic heterocycles. The molecule has 0 aromatic heterocycles. The molecule has 2 nitrogen and oxygen atoms in total. The number of hydrogen-bond acceptors (Lipinski definition) is 2. The summed E-state index contributed by atoms with van der Waals surface area (Å²) in [6.07, 6.45) is 3.85. The second kappa shape index (κ2) is 5.75. The Kier molecular flexibility index (Phi) is 4.28. The summed E-state index contributed by atoms with van der Waals surface area (Å²) < 4.78 is 5.83. The van der Waals surface area contributed by atoms with E-state index in [1.165, 1.54) is 37.9 Å². The Hall–Kier alpha value is -1.02. The molecule has 1 unspecified atom stereocenters. The van der Waals surface area contributed by atoms with Crippen molar-refractivity contribution in [2.45, 2.75) is 45.6 Å². The van der Waals surface area contributed by atoms with Gasteiger partial charge in [0.15, 0.2) is 0 Å². The summed E-state index contributed by atoms with van der Waals surface area (Å²) >= 11 is 0. The van der Waals surface area contributed by atoms with Gasteiger partial charge in [-0.25, -0.2) is 0 Å². The molecule has 1 aromatic carbocycles. The molecule has 1 atom stereocenters. The van der Waals surface area contributed by atoms with Gasteiger partial charge in [0, 0.05) is 0 Å². The second-order valence-electron chi connectivity index (χ2n) is 6.27. The average Bonchev–Trinajstić information content (AvgIpc) is 2.31. The fourth-order valence-corrected chi connectivity index (χ4v) is 2.48. The van der Waals surface area contributed by atoms with E-state index in [0.717, 1.165) is 11.7 Å². The van der Waals surface area contributed by atoms with Gasteiger partial charge >= 0.3 is 0 Å². The minimum Gasteiger partial charge on any atom is -0.488 e. The van der Waals surface area contributed by atoms with Crippen LogP contribution in [0.4, 0.5) is 0 Å². The van der Waals surface area contributed by atoms with Crippen LogP contribution in [-0.2, 0) is 6.42 Å². The Labute approximate surface area is 111 Å². The maximum atomic E-state index is 5.83. The smallest absolute Gasteiger partial charge is 0.120 e. The van der Waals surface area contributed by atoms with Crippen LogP contribution in [0.5, 0.6) is 5.75 Å². The summed E-state index contributed by atoms with van der Waals surface area (Å²) in [7, 11) is 0. The lowest BCUT2D eigenvalue weighted by Gasteiger charge is -2.23. The zero-order valence-electron chi connectivity index (χ0n) is 11.8. The molecule has 0 radical (unpaired) electrons. The molecule has 0 bridgehead atoms. The molecule has 2 heteroatoms. The van der Waals surface area contributed by atoms with Gasteiger partial charge in [-0.3, -0.25) is 0 Å². The number of nitrogens with one attached hydrogen (secondary N) is 1. The van der Waals surface area contributed by atoms with E-state index in [1.807, 2.05) is 0 Å². The number of piperidine rings is 1. The van der Waals surface area contributed by atoms with E-state index < -0.39 is 0 Å². The molecular formula is C16H25NO. The first kappa shape index (κ1) is 13.4. The van der Waals surface area contributed by atoms with Crippen LogP contribution in [0.2, 0.25) is 0 Å². The van der Waals surface area contributed by atoms with E-state index in [9.17, 15) is 0 Å². The second-order valence-corrected chi connectivity index (χ2v) is 6.27. The standard InChI is InChI=1S/C16H25NO/c1-16(2,3)18-15-8-6-13(7-9-15)11-14-5-4-10-17-12-14/h6-9,14,17H,4-5,10-12H2,1-3H3. The molecule has 18 heavy (non-hydrogen) atoms. The summed E-state index contributed by atoms with van der Waals surface area (Å²) in [5, 5.41) is 3.47. The molecule has 1 N–H and O–H groups in total. The average molecular weight is 247 g/mol. The van der Waals surface area contributed by atoms with E-state index in [-0.39, 0.29) is 5.60 Å². The fourth-order valence-electron chi connectivity index (χ4n) is 2.48. The normalized spacial score (nSPS) is 20.7. The van der Waals surface area contributed by atoms with Gasteiger partial charge in [-0.2, -0.15) is 0 Å². The predicted octanol–water partition coefficient (Wildman–Crippen LogP) is 3.41. The lowest BCUT2D eigenvalue weighted by atomic mass is 9.92. The van der Waals surface area contributed by atoms with Crippen molar-refractivity contribution < 1.29 is 4.74 Å². The van der Waals surface area contributed by atoms with Crippen molar-refractivity contribution in [3.05, 3.63) is 29.8 Å². The Morgan fingerprint density at radius 2 is 1.94 bits per heavy atom. The van der Waals surface area contributed by atoms with Crippen LogP contribution in [0.3, 0.4) is 0 Å². The summed E-state index contributed by atoms with van der Waals surface area (Å²) in [4.78, 5) is 0. The topological polar surface area (TPSA) is 21.3 Å². The molecule has 1 heterocycles. The first-order valence-electron chi connectivity index (χ1n) is 7.02. The van der Waals surface area contributed by atoms with E-state index in [1.54, 1.807) is 0 Å². The largest absolute Gasteiger partial charge is 0.488 e. The summed E-state index contributed by atoms with van der Waals surface area (Å²) in [5.41, 5.74) is 1.30. The molecule has 0 aliphatic carbocycles. The first-order chi connectivity index (χ1) is 8.53. The van der Waals surface area contributed by atoms with Crippen LogP contribution >= 0.6 is 0 Å². The Morgan fingerprint density at radius 3 is 2.50 bits per heavy atom. The molecular weight excluding hydrogens is 222 g/mol. The van der Waals surface area contributed by atoms with E-state index >= 15 is 0 Å². The first-order valence-corrected chi connectivity index (χ1v) is 7.02. The number of hydrogen-bond donors (Lipinski definition) is 1. The van der Waals surface area contributed by atoms with Gasteiger partial charge < -0.3 is 10.1 Å². The molecule has 1 saturated heterocycles. The van der Waals surface area contributed by atoms with Crippen LogP contribution in [0.1, 0.15) is 39.2 Å². The Balaban J connectivity index is 1.90. The maximum Gasteiger partial charge on any atom is 0.120 e. The van der Waals surface area contributed by atoms with Crippen molar-refractivity contribution in [1.29, 1.82) is 0 Å². The van der Waals surface area contributed by atoms with E-state index in [2.05, 4.69) is 50.4 Å². The van der Waals surface area contributed by atoms with E-state index in [4.69, 9.17) is 4.74 Å². The van der Waals surface area contributed by atoms with Crippen molar-refractivity contribution in [2.75, 3.05) is 13.1 Å². The quantitative estimate of drug-likeness (QED) is 0.884. The van der Waals surface area contributed by atoms with Crippen LogP contribution in [0.25, 0.3) is 0 Å². The molecule has 1 aliphatic rings. The van der Waals surface area contributed by atoms with Crippen molar-refractivity contribution in [3.63, 3.8) is 0 Å². The lowest BCUT2D eigenvalue weighted by Crippen LogP contribution is -2.30. The highest BCUT2D eigenvalue weighted by atomic mass is 16.5. The summed E-state index contributed by atoms with van der Waals surface area (Å²) in [6, 6.07) is 8.60. The Morgan fingerprint density at radius 1 is 1.22 bits per heavy atom. The minimum absolute atomic E-state index is 0.116. The molecule has 0 saturated carbocycles. The zero-order chi connectivity index (χ0) is 13.0. The highest BCUT2D eigenvalue weighted by Gasteiger charge is 2.14. The predicted molar refractivity (Wildman–Crippen MR) is 76.1 cm³/mol. The SMILES string of the molecule is CC(C)(C)Oc1ccc(CC2CCCNC2)cc1. The summed E-state index contributed by atoms with van der Waals surface area (Å²) in [5.74, 6) is 1.76. The van der Waals surface area contributed by atoms with Gasteiger partial charge in [0.25, 0.3) is 0 Å². The molecule has 1 aromatic rings. The zero-order valence-corrected chi connectivity index (χ0v) is 11.8. The van der Waals surface area contributed by atoms with Crippen LogP contribution in [0, 0.1) is 5.92 Å². The number of ether oxygens (including phenoxy) is 1. The van der Waals surface area contributed by atoms with Crippen molar-refractivity contribution in [1.82, 2.24) is 5.32 Å². The molecule has 0 spiro atoms. The highest BCUT2D eigenvalue weighted by molar-refractivity contribution is 5.28. The highest BCUT2D eigenvalue weighted by Crippen LogP contribution is 2.21. The Bertz CT molecular complexity index is 358. The maximum absolute atomic E-state index is 5.83. The van der Waals surface area contributed by atoms with Crippen LogP contribution in [-0.4, -0.2) is 18.7 Å². The van der Waals surface area contributed by atoms with Crippen molar-refractivity contribution >= 4 is 0 Å².